The molecule has 2 heterocycles. The topological polar surface area (TPSA) is 56.7 Å². The molecule has 0 saturated heterocycles. The highest BCUT2D eigenvalue weighted by Gasteiger charge is 2.22. The van der Waals surface area contributed by atoms with E-state index in [0.29, 0.717) is 12.5 Å². The lowest BCUT2D eigenvalue weighted by Gasteiger charge is -2.25. The maximum Gasteiger partial charge on any atom is 0.110 e. The van der Waals surface area contributed by atoms with Gasteiger partial charge in [-0.1, -0.05) is 13.3 Å². The van der Waals surface area contributed by atoms with Gasteiger partial charge in [0.25, 0.3) is 0 Å². The molecule has 4 heteroatoms. The van der Waals surface area contributed by atoms with Gasteiger partial charge < -0.3 is 10.3 Å². The molecule has 2 rings (SSSR count). The highest BCUT2D eigenvalue weighted by atomic mass is 15.1. The van der Waals surface area contributed by atoms with E-state index in [1.54, 1.807) is 0 Å². The number of nitrogens with zero attached hydrogens (tertiary/aromatic N) is 3. The molecule has 2 N–H and O–H groups in total. The lowest BCUT2D eigenvalue weighted by atomic mass is 10.0. The van der Waals surface area contributed by atoms with Crippen LogP contribution in [0.5, 0.6) is 0 Å². The van der Waals surface area contributed by atoms with Gasteiger partial charge in [0.05, 0.1) is 11.7 Å². The van der Waals surface area contributed by atoms with E-state index in [-0.39, 0.29) is 5.54 Å². The van der Waals surface area contributed by atoms with Gasteiger partial charge in [-0.3, -0.25) is 4.98 Å². The molecule has 0 saturated carbocycles. The Hall–Kier alpha value is -1.42. The van der Waals surface area contributed by atoms with Gasteiger partial charge in [-0.15, -0.1) is 0 Å². The maximum absolute atomic E-state index is 5.84. The largest absolute Gasteiger partial charge is 0.330 e. The first-order valence-corrected chi connectivity index (χ1v) is 6.99. The summed E-state index contributed by atoms with van der Waals surface area (Å²) in [7, 11) is 0. The molecule has 0 aliphatic rings. The van der Waals surface area contributed by atoms with E-state index >= 15 is 0 Å². The first kappa shape index (κ1) is 14.0. The first-order chi connectivity index (χ1) is 8.97. The molecule has 2 aromatic heterocycles. The van der Waals surface area contributed by atoms with Crippen LogP contribution in [0.1, 0.15) is 39.9 Å². The first-order valence-electron chi connectivity index (χ1n) is 6.99. The van der Waals surface area contributed by atoms with Crippen LogP contribution in [0, 0.1) is 5.92 Å². The number of imidazole rings is 1. The Labute approximate surface area is 115 Å². The molecule has 104 valence electrons. The van der Waals surface area contributed by atoms with Crippen LogP contribution in [0.2, 0.25) is 0 Å². The average molecular weight is 260 g/mol. The van der Waals surface area contributed by atoms with Gasteiger partial charge in [-0.25, -0.2) is 4.98 Å². The third kappa shape index (κ3) is 2.78. The fraction of sp³-hybridized carbons (Fsp3) is 0.600. The van der Waals surface area contributed by atoms with Crippen molar-refractivity contribution in [1.29, 1.82) is 0 Å². The maximum atomic E-state index is 5.84. The van der Waals surface area contributed by atoms with E-state index in [0.717, 1.165) is 29.7 Å². The zero-order chi connectivity index (χ0) is 14.0. The Morgan fingerprint density at radius 1 is 1.37 bits per heavy atom. The second kappa shape index (κ2) is 5.29. The second-order valence-electron chi connectivity index (χ2n) is 6.11. The van der Waals surface area contributed by atoms with Crippen molar-refractivity contribution >= 4 is 11.0 Å². The lowest BCUT2D eigenvalue weighted by molar-refractivity contribution is 0.379. The van der Waals surface area contributed by atoms with Crippen molar-refractivity contribution in [3.63, 3.8) is 0 Å². The standard InChI is InChI=1S/C15H24N4/c1-5-11(9-16)8-14-18-12-10-17-7-6-13(12)19(14)15(2,3)4/h6-7,10-11H,5,8-9,16H2,1-4H3. The summed E-state index contributed by atoms with van der Waals surface area (Å²) in [4.78, 5) is 8.93. The summed E-state index contributed by atoms with van der Waals surface area (Å²) in [5.41, 5.74) is 7.98. The molecule has 0 spiro atoms. The fourth-order valence-electron chi connectivity index (χ4n) is 2.52. The molecular formula is C15H24N4. The van der Waals surface area contributed by atoms with E-state index in [9.17, 15) is 0 Å². The van der Waals surface area contributed by atoms with E-state index in [2.05, 4.69) is 37.2 Å². The molecule has 0 aromatic carbocycles. The SMILES string of the molecule is CCC(CN)Cc1nc2cnccc2n1C(C)(C)C. The van der Waals surface area contributed by atoms with Gasteiger partial charge in [0.2, 0.25) is 0 Å². The normalized spacial score (nSPS) is 13.9. The Kier molecular flexibility index (Phi) is 3.90. The smallest absolute Gasteiger partial charge is 0.110 e. The molecule has 0 bridgehead atoms. The Morgan fingerprint density at radius 2 is 2.11 bits per heavy atom. The van der Waals surface area contributed by atoms with Crippen LogP contribution in [0.25, 0.3) is 11.0 Å². The summed E-state index contributed by atoms with van der Waals surface area (Å²) < 4.78 is 2.32. The van der Waals surface area contributed by atoms with Gasteiger partial charge in [0.15, 0.2) is 0 Å². The summed E-state index contributed by atoms with van der Waals surface area (Å²) in [6.45, 7) is 9.52. The summed E-state index contributed by atoms with van der Waals surface area (Å²) in [6, 6.07) is 2.04. The highest BCUT2D eigenvalue weighted by Crippen LogP contribution is 2.26. The summed E-state index contributed by atoms with van der Waals surface area (Å²) in [5.74, 6) is 1.61. The van der Waals surface area contributed by atoms with Crippen molar-refractivity contribution in [2.45, 2.75) is 46.1 Å². The number of hydrogen-bond acceptors (Lipinski definition) is 3. The fourth-order valence-corrected chi connectivity index (χ4v) is 2.52. The molecule has 1 unspecified atom stereocenters. The number of pyridine rings is 1. The van der Waals surface area contributed by atoms with E-state index < -0.39 is 0 Å². The van der Waals surface area contributed by atoms with E-state index in [4.69, 9.17) is 10.7 Å². The average Bonchev–Trinajstić information content (AvgIpc) is 2.73. The minimum Gasteiger partial charge on any atom is -0.330 e. The Balaban J connectivity index is 2.53. The second-order valence-corrected chi connectivity index (χ2v) is 6.11. The Morgan fingerprint density at radius 3 is 2.68 bits per heavy atom. The van der Waals surface area contributed by atoms with E-state index in [1.807, 2.05) is 18.5 Å². The summed E-state index contributed by atoms with van der Waals surface area (Å²) in [6.07, 6.45) is 5.68. The third-order valence-corrected chi connectivity index (χ3v) is 3.58. The van der Waals surface area contributed by atoms with Gasteiger partial charge in [-0.05, 0) is 39.3 Å². The van der Waals surface area contributed by atoms with Crippen molar-refractivity contribution in [3.8, 4) is 0 Å². The molecule has 0 fully saturated rings. The molecule has 4 nitrogen and oxygen atoms in total. The molecule has 0 aliphatic heterocycles. The van der Waals surface area contributed by atoms with Crippen molar-refractivity contribution < 1.29 is 0 Å². The minimum atomic E-state index is 0.0122. The molecule has 2 aromatic rings. The van der Waals surface area contributed by atoms with E-state index in [1.165, 1.54) is 0 Å². The number of rotatable bonds is 4. The molecule has 0 radical (unpaired) electrons. The number of aromatic nitrogens is 3. The zero-order valence-electron chi connectivity index (χ0n) is 12.3. The van der Waals surface area contributed by atoms with Crippen molar-refractivity contribution in [2.75, 3.05) is 6.54 Å². The van der Waals surface area contributed by atoms with Crippen LogP contribution >= 0.6 is 0 Å². The van der Waals surface area contributed by atoms with Crippen LogP contribution in [0.4, 0.5) is 0 Å². The molecular weight excluding hydrogens is 236 g/mol. The number of hydrogen-bond donors (Lipinski definition) is 1. The van der Waals surface area contributed by atoms with Gasteiger partial charge in [-0.2, -0.15) is 0 Å². The lowest BCUT2D eigenvalue weighted by Crippen LogP contribution is -2.26. The highest BCUT2D eigenvalue weighted by molar-refractivity contribution is 5.75. The predicted molar refractivity (Wildman–Crippen MR) is 79.1 cm³/mol. The number of fused-ring (bicyclic) bond motifs is 1. The van der Waals surface area contributed by atoms with Crippen molar-refractivity contribution in [2.24, 2.45) is 11.7 Å². The molecule has 0 amide bonds. The third-order valence-electron chi connectivity index (χ3n) is 3.58. The number of nitrogens with two attached hydrogens (primary N) is 1. The van der Waals surface area contributed by atoms with Crippen LogP contribution in [-0.4, -0.2) is 21.1 Å². The molecule has 19 heavy (non-hydrogen) atoms. The van der Waals surface area contributed by atoms with Crippen LogP contribution in [0.3, 0.4) is 0 Å². The summed E-state index contributed by atoms with van der Waals surface area (Å²) in [5, 5.41) is 0. The van der Waals surface area contributed by atoms with Gasteiger partial charge >= 0.3 is 0 Å². The minimum absolute atomic E-state index is 0.0122. The van der Waals surface area contributed by atoms with Crippen LogP contribution in [-0.2, 0) is 12.0 Å². The molecule has 1 atom stereocenters. The van der Waals surface area contributed by atoms with Crippen molar-refractivity contribution in [1.82, 2.24) is 14.5 Å². The Bertz CT molecular complexity index is 547. The van der Waals surface area contributed by atoms with Crippen LogP contribution in [0.15, 0.2) is 18.5 Å². The zero-order valence-corrected chi connectivity index (χ0v) is 12.3. The van der Waals surface area contributed by atoms with Crippen LogP contribution < -0.4 is 5.73 Å². The van der Waals surface area contributed by atoms with Gasteiger partial charge in [0.1, 0.15) is 11.3 Å². The predicted octanol–water partition coefficient (Wildman–Crippen LogP) is 2.71. The summed E-state index contributed by atoms with van der Waals surface area (Å²) >= 11 is 0. The van der Waals surface area contributed by atoms with Crippen molar-refractivity contribution in [3.05, 3.63) is 24.3 Å². The molecule has 0 aliphatic carbocycles. The van der Waals surface area contributed by atoms with Gasteiger partial charge in [0, 0.05) is 18.2 Å². The quantitative estimate of drug-likeness (QED) is 0.919. The monoisotopic (exact) mass is 260 g/mol.